The Bertz CT molecular complexity index is 179. The molecular formula is C14H29NO2. The van der Waals surface area contributed by atoms with Gasteiger partial charge in [0.1, 0.15) is 0 Å². The Hall–Kier alpha value is -0.120. The van der Waals surface area contributed by atoms with Gasteiger partial charge in [0, 0.05) is 12.6 Å². The Morgan fingerprint density at radius 2 is 2.12 bits per heavy atom. The van der Waals surface area contributed by atoms with Gasteiger partial charge in [-0.25, -0.2) is 0 Å². The fourth-order valence-electron chi connectivity index (χ4n) is 2.07. The standard InChI is InChI=1S/C14H29NO2/c1-12(2)15-9-6-7-13(3)17-11-14-8-4-5-10-16-14/h12-15H,4-11H2,1-3H3. The lowest BCUT2D eigenvalue weighted by atomic mass is 10.1. The highest BCUT2D eigenvalue weighted by atomic mass is 16.5. The molecule has 1 heterocycles. The zero-order valence-corrected chi connectivity index (χ0v) is 11.7. The van der Waals surface area contributed by atoms with Gasteiger partial charge in [0.15, 0.2) is 0 Å². The normalized spacial score (nSPS) is 22.9. The number of ether oxygens (including phenoxy) is 2. The summed E-state index contributed by atoms with van der Waals surface area (Å²) in [6.45, 7) is 9.31. The highest BCUT2D eigenvalue weighted by Gasteiger charge is 2.15. The fraction of sp³-hybridized carbons (Fsp3) is 1.00. The van der Waals surface area contributed by atoms with Gasteiger partial charge in [0.2, 0.25) is 0 Å². The van der Waals surface area contributed by atoms with E-state index in [1.54, 1.807) is 0 Å². The van der Waals surface area contributed by atoms with E-state index >= 15 is 0 Å². The molecule has 1 fully saturated rings. The van der Waals surface area contributed by atoms with Crippen molar-refractivity contribution >= 4 is 0 Å². The van der Waals surface area contributed by atoms with E-state index in [0.717, 1.165) is 26.2 Å². The molecule has 2 unspecified atom stereocenters. The lowest BCUT2D eigenvalue weighted by molar-refractivity contribution is -0.0606. The van der Waals surface area contributed by atoms with E-state index in [9.17, 15) is 0 Å². The number of hydrogen-bond donors (Lipinski definition) is 1. The third kappa shape index (κ3) is 7.74. The molecule has 0 bridgehead atoms. The Morgan fingerprint density at radius 3 is 2.76 bits per heavy atom. The third-order valence-electron chi connectivity index (χ3n) is 3.18. The van der Waals surface area contributed by atoms with Crippen LogP contribution in [0.1, 0.15) is 52.9 Å². The predicted octanol–water partition coefficient (Wildman–Crippen LogP) is 2.74. The number of hydrogen-bond acceptors (Lipinski definition) is 3. The minimum atomic E-state index is 0.347. The van der Waals surface area contributed by atoms with Crippen LogP contribution in [0.5, 0.6) is 0 Å². The highest BCUT2D eigenvalue weighted by molar-refractivity contribution is 4.64. The van der Waals surface area contributed by atoms with E-state index in [1.807, 2.05) is 0 Å². The molecule has 0 amide bonds. The zero-order valence-electron chi connectivity index (χ0n) is 11.7. The zero-order chi connectivity index (χ0) is 12.5. The Kier molecular flexibility index (Phi) is 7.82. The van der Waals surface area contributed by atoms with Crippen molar-refractivity contribution < 1.29 is 9.47 Å². The molecule has 2 atom stereocenters. The topological polar surface area (TPSA) is 30.5 Å². The van der Waals surface area contributed by atoms with Crippen LogP contribution < -0.4 is 5.32 Å². The average Bonchev–Trinajstić information content (AvgIpc) is 2.33. The summed E-state index contributed by atoms with van der Waals surface area (Å²) in [6, 6.07) is 0.585. The molecule has 0 aromatic rings. The average molecular weight is 243 g/mol. The van der Waals surface area contributed by atoms with Crippen LogP contribution in [0.2, 0.25) is 0 Å². The lowest BCUT2D eigenvalue weighted by Crippen LogP contribution is -2.27. The van der Waals surface area contributed by atoms with Crippen LogP contribution >= 0.6 is 0 Å². The number of rotatable bonds is 8. The molecule has 102 valence electrons. The molecule has 0 saturated carbocycles. The van der Waals surface area contributed by atoms with Gasteiger partial charge in [-0.3, -0.25) is 0 Å². The highest BCUT2D eigenvalue weighted by Crippen LogP contribution is 2.14. The van der Waals surface area contributed by atoms with E-state index < -0.39 is 0 Å². The summed E-state index contributed by atoms with van der Waals surface area (Å²) >= 11 is 0. The minimum Gasteiger partial charge on any atom is -0.376 e. The molecule has 3 nitrogen and oxygen atoms in total. The monoisotopic (exact) mass is 243 g/mol. The lowest BCUT2D eigenvalue weighted by Gasteiger charge is -2.24. The first-order valence-electron chi connectivity index (χ1n) is 7.15. The van der Waals surface area contributed by atoms with E-state index in [2.05, 4.69) is 26.1 Å². The van der Waals surface area contributed by atoms with Crippen LogP contribution in [-0.2, 0) is 9.47 Å². The smallest absolute Gasteiger partial charge is 0.0808 e. The van der Waals surface area contributed by atoms with Gasteiger partial charge in [-0.1, -0.05) is 13.8 Å². The molecule has 1 aliphatic heterocycles. The molecule has 0 aromatic carbocycles. The van der Waals surface area contributed by atoms with Crippen LogP contribution in [-0.4, -0.2) is 38.0 Å². The Labute approximate surface area is 106 Å². The molecule has 0 spiro atoms. The molecule has 0 aromatic heterocycles. The molecule has 0 aliphatic carbocycles. The third-order valence-corrected chi connectivity index (χ3v) is 3.18. The van der Waals surface area contributed by atoms with Crippen LogP contribution in [0.15, 0.2) is 0 Å². The van der Waals surface area contributed by atoms with Gasteiger partial charge in [0.25, 0.3) is 0 Å². The summed E-state index contributed by atoms with van der Waals surface area (Å²) in [5.41, 5.74) is 0. The van der Waals surface area contributed by atoms with Crippen molar-refractivity contribution in [2.24, 2.45) is 0 Å². The van der Waals surface area contributed by atoms with Crippen molar-refractivity contribution in [3.8, 4) is 0 Å². The van der Waals surface area contributed by atoms with Gasteiger partial charge in [-0.05, 0) is 45.6 Å². The summed E-state index contributed by atoms with van der Waals surface area (Å²) in [7, 11) is 0. The summed E-state index contributed by atoms with van der Waals surface area (Å²) in [6.07, 6.45) is 6.70. The second-order valence-corrected chi connectivity index (χ2v) is 5.38. The van der Waals surface area contributed by atoms with Crippen molar-refractivity contribution in [2.45, 2.75) is 71.1 Å². The van der Waals surface area contributed by atoms with E-state index in [0.29, 0.717) is 18.2 Å². The second kappa shape index (κ2) is 8.90. The van der Waals surface area contributed by atoms with Crippen LogP contribution in [0, 0.1) is 0 Å². The maximum Gasteiger partial charge on any atom is 0.0808 e. The van der Waals surface area contributed by atoms with E-state index in [-0.39, 0.29) is 0 Å². The van der Waals surface area contributed by atoms with Gasteiger partial charge >= 0.3 is 0 Å². The number of nitrogens with one attached hydrogen (secondary N) is 1. The fourth-order valence-corrected chi connectivity index (χ4v) is 2.07. The summed E-state index contributed by atoms with van der Waals surface area (Å²) in [5.74, 6) is 0. The van der Waals surface area contributed by atoms with Crippen LogP contribution in [0.25, 0.3) is 0 Å². The molecule has 3 heteroatoms. The largest absolute Gasteiger partial charge is 0.376 e. The first-order valence-corrected chi connectivity index (χ1v) is 7.15. The molecule has 1 rings (SSSR count). The van der Waals surface area contributed by atoms with Crippen molar-refractivity contribution in [1.82, 2.24) is 5.32 Å². The summed E-state index contributed by atoms with van der Waals surface area (Å²) < 4.78 is 11.5. The maximum absolute atomic E-state index is 5.84. The van der Waals surface area contributed by atoms with Crippen molar-refractivity contribution in [2.75, 3.05) is 19.8 Å². The Balaban J connectivity index is 1.94. The van der Waals surface area contributed by atoms with E-state index in [4.69, 9.17) is 9.47 Å². The quantitative estimate of drug-likeness (QED) is 0.665. The molecular weight excluding hydrogens is 214 g/mol. The van der Waals surface area contributed by atoms with Crippen LogP contribution in [0.4, 0.5) is 0 Å². The van der Waals surface area contributed by atoms with Crippen LogP contribution in [0.3, 0.4) is 0 Å². The maximum atomic E-state index is 5.84. The first-order chi connectivity index (χ1) is 8.18. The summed E-state index contributed by atoms with van der Waals surface area (Å²) in [4.78, 5) is 0. The molecule has 1 saturated heterocycles. The van der Waals surface area contributed by atoms with Gasteiger partial charge < -0.3 is 14.8 Å². The second-order valence-electron chi connectivity index (χ2n) is 5.38. The molecule has 17 heavy (non-hydrogen) atoms. The van der Waals surface area contributed by atoms with Gasteiger partial charge in [-0.15, -0.1) is 0 Å². The minimum absolute atomic E-state index is 0.347. The Morgan fingerprint density at radius 1 is 1.29 bits per heavy atom. The van der Waals surface area contributed by atoms with Gasteiger partial charge in [-0.2, -0.15) is 0 Å². The molecule has 1 aliphatic rings. The molecule has 1 N–H and O–H groups in total. The van der Waals surface area contributed by atoms with Crippen molar-refractivity contribution in [3.05, 3.63) is 0 Å². The first kappa shape index (κ1) is 14.9. The van der Waals surface area contributed by atoms with Crippen molar-refractivity contribution in [1.29, 1.82) is 0 Å². The van der Waals surface area contributed by atoms with Gasteiger partial charge in [0.05, 0.1) is 18.8 Å². The summed E-state index contributed by atoms with van der Waals surface area (Å²) in [5, 5.41) is 3.43. The predicted molar refractivity (Wildman–Crippen MR) is 71.4 cm³/mol. The van der Waals surface area contributed by atoms with E-state index in [1.165, 1.54) is 25.7 Å². The molecule has 0 radical (unpaired) electrons. The van der Waals surface area contributed by atoms with Crippen molar-refractivity contribution in [3.63, 3.8) is 0 Å². The SMILES string of the molecule is CC(C)NCCCC(C)OCC1CCCCO1.